The molecule has 1 amide bonds. The molecule has 0 saturated carbocycles. The van der Waals surface area contributed by atoms with Crippen LogP contribution in [-0.4, -0.2) is 31.0 Å². The van der Waals surface area contributed by atoms with Crippen LogP contribution in [0.2, 0.25) is 0 Å². The summed E-state index contributed by atoms with van der Waals surface area (Å²) in [5.41, 5.74) is 2.55. The Morgan fingerprint density at radius 2 is 1.85 bits per heavy atom. The fourth-order valence-electron chi connectivity index (χ4n) is 3.50. The molecule has 0 bridgehead atoms. The van der Waals surface area contributed by atoms with Crippen LogP contribution in [0.5, 0.6) is 11.5 Å². The second kappa shape index (κ2) is 11.8. The van der Waals surface area contributed by atoms with Gasteiger partial charge in [-0.25, -0.2) is 4.99 Å². The van der Waals surface area contributed by atoms with E-state index >= 15 is 0 Å². The maximum absolute atomic E-state index is 12.9. The number of benzene rings is 3. The highest BCUT2D eigenvalue weighted by molar-refractivity contribution is 14.1. The first-order valence-electron chi connectivity index (χ1n) is 11.5. The van der Waals surface area contributed by atoms with Crippen molar-refractivity contribution in [1.29, 1.82) is 0 Å². The number of carbonyl (C=O) groups is 1. The number of amides is 1. The van der Waals surface area contributed by atoms with Crippen molar-refractivity contribution >= 4 is 73.0 Å². The molecular weight excluding hydrogens is 657 g/mol. The van der Waals surface area contributed by atoms with Crippen molar-refractivity contribution in [3.63, 3.8) is 0 Å². The number of aryl methyl sites for hydroxylation is 2. The monoisotopic (exact) mass is 679 g/mol. The lowest BCUT2D eigenvalue weighted by Crippen LogP contribution is -2.19. The summed E-state index contributed by atoms with van der Waals surface area (Å²) in [5.74, 6) is -0.0982. The Labute approximate surface area is 242 Å². The third-order valence-corrected chi connectivity index (χ3v) is 8.34. The van der Waals surface area contributed by atoms with Gasteiger partial charge in [0.1, 0.15) is 4.90 Å². The zero-order valence-electron chi connectivity index (χ0n) is 20.9. The first-order valence-corrected chi connectivity index (χ1v) is 14.8. The summed E-state index contributed by atoms with van der Waals surface area (Å²) >= 11 is 3.07. The van der Waals surface area contributed by atoms with Crippen molar-refractivity contribution in [1.82, 2.24) is 5.32 Å². The fourth-order valence-corrected chi connectivity index (χ4v) is 6.17. The van der Waals surface area contributed by atoms with E-state index in [1.54, 1.807) is 44.2 Å². The van der Waals surface area contributed by atoms with Gasteiger partial charge in [-0.3, -0.25) is 14.9 Å². The molecule has 1 aliphatic rings. The molecule has 0 unspecified atom stereocenters. The minimum absolute atomic E-state index is 0.0200. The number of ether oxygens (including phenoxy) is 1. The predicted molar refractivity (Wildman–Crippen MR) is 158 cm³/mol. The van der Waals surface area contributed by atoms with Gasteiger partial charge >= 0.3 is 10.1 Å². The first-order chi connectivity index (χ1) is 18.5. The molecule has 1 aliphatic heterocycles. The Hall–Kier alpha value is -3.43. The Bertz CT molecular complexity index is 1640. The molecule has 1 fully saturated rings. The van der Waals surface area contributed by atoms with Gasteiger partial charge in [0.2, 0.25) is 0 Å². The molecule has 3 aromatic rings. The van der Waals surface area contributed by atoms with Crippen molar-refractivity contribution in [2.45, 2.75) is 25.7 Å². The zero-order chi connectivity index (χ0) is 28.3. The number of hydrogen-bond acceptors (Lipinski definition) is 9. The second-order valence-electron chi connectivity index (χ2n) is 8.32. The maximum Gasteiger partial charge on any atom is 0.339 e. The third-order valence-electron chi connectivity index (χ3n) is 5.40. The highest BCUT2D eigenvalue weighted by Crippen LogP contribution is 2.38. The molecule has 0 spiro atoms. The van der Waals surface area contributed by atoms with Gasteiger partial charge in [-0.2, -0.15) is 8.42 Å². The van der Waals surface area contributed by atoms with E-state index in [0.29, 0.717) is 30.5 Å². The molecule has 1 N–H and O–H groups in total. The minimum Gasteiger partial charge on any atom is -0.490 e. The largest absolute Gasteiger partial charge is 0.490 e. The van der Waals surface area contributed by atoms with Crippen molar-refractivity contribution < 1.29 is 27.1 Å². The molecule has 4 rings (SSSR count). The molecule has 39 heavy (non-hydrogen) atoms. The van der Waals surface area contributed by atoms with Crippen molar-refractivity contribution in [2.75, 3.05) is 6.61 Å². The van der Waals surface area contributed by atoms with E-state index in [1.165, 1.54) is 30.3 Å². The lowest BCUT2D eigenvalue weighted by Gasteiger charge is -2.14. The van der Waals surface area contributed by atoms with E-state index in [-0.39, 0.29) is 34.6 Å². The van der Waals surface area contributed by atoms with Crippen LogP contribution in [0.4, 0.5) is 11.4 Å². The summed E-state index contributed by atoms with van der Waals surface area (Å²) in [4.78, 5) is 27.9. The number of halogens is 1. The van der Waals surface area contributed by atoms with Crippen LogP contribution in [0.15, 0.2) is 69.4 Å². The highest BCUT2D eigenvalue weighted by atomic mass is 127. The summed E-state index contributed by atoms with van der Waals surface area (Å²) < 4.78 is 37.4. The zero-order valence-corrected chi connectivity index (χ0v) is 24.7. The Morgan fingerprint density at radius 1 is 1.13 bits per heavy atom. The van der Waals surface area contributed by atoms with Gasteiger partial charge in [0.15, 0.2) is 16.7 Å². The van der Waals surface area contributed by atoms with Gasteiger partial charge in [-0.15, -0.1) is 0 Å². The number of aliphatic imine (C=N–C) groups is 1. The van der Waals surface area contributed by atoms with Gasteiger partial charge in [0, 0.05) is 12.1 Å². The van der Waals surface area contributed by atoms with E-state index < -0.39 is 15.0 Å². The van der Waals surface area contributed by atoms with E-state index in [9.17, 15) is 23.3 Å². The van der Waals surface area contributed by atoms with Gasteiger partial charge in [0.25, 0.3) is 11.6 Å². The van der Waals surface area contributed by atoms with E-state index in [4.69, 9.17) is 8.92 Å². The molecule has 3 aromatic carbocycles. The van der Waals surface area contributed by atoms with Gasteiger partial charge in [-0.05, 0) is 103 Å². The van der Waals surface area contributed by atoms with Crippen LogP contribution in [-0.2, 0) is 14.9 Å². The van der Waals surface area contributed by atoms with Crippen molar-refractivity contribution in [3.05, 3.63) is 89.9 Å². The lowest BCUT2D eigenvalue weighted by molar-refractivity contribution is -0.384. The summed E-state index contributed by atoms with van der Waals surface area (Å²) in [5, 5.41) is 14.0. The van der Waals surface area contributed by atoms with Crippen LogP contribution < -0.4 is 14.2 Å². The van der Waals surface area contributed by atoms with Crippen molar-refractivity contribution in [3.8, 4) is 11.5 Å². The molecule has 0 aliphatic carbocycles. The van der Waals surface area contributed by atoms with E-state index in [0.717, 1.165) is 17.3 Å². The molecule has 0 aromatic heterocycles. The van der Waals surface area contributed by atoms with Crippen LogP contribution in [0.3, 0.4) is 0 Å². The molecular formula is C26H22IN3O7S2. The van der Waals surface area contributed by atoms with E-state index in [2.05, 4.69) is 10.3 Å². The summed E-state index contributed by atoms with van der Waals surface area (Å²) in [6.07, 6.45) is 1.63. The molecule has 13 heteroatoms. The number of carbonyl (C=O) groups excluding carboxylic acids is 1. The average molecular weight is 680 g/mol. The summed E-state index contributed by atoms with van der Waals surface area (Å²) in [6, 6.07) is 13.9. The number of nitrogens with zero attached hydrogens (tertiary/aromatic N) is 2. The third kappa shape index (κ3) is 6.78. The second-order valence-corrected chi connectivity index (χ2v) is 12.1. The normalized spacial score (nSPS) is 15.4. The summed E-state index contributed by atoms with van der Waals surface area (Å²) in [6.45, 7) is 5.58. The average Bonchev–Trinajstić information content (AvgIpc) is 3.21. The van der Waals surface area contributed by atoms with Crippen LogP contribution >= 0.6 is 34.4 Å². The predicted octanol–water partition coefficient (Wildman–Crippen LogP) is 5.87. The molecule has 202 valence electrons. The lowest BCUT2D eigenvalue weighted by atomic mass is 10.2. The molecule has 1 saturated heterocycles. The number of non-ortho nitro benzene ring substituents is 1. The quantitative estimate of drug-likeness (QED) is 0.103. The Kier molecular flexibility index (Phi) is 8.61. The molecule has 1 heterocycles. The Morgan fingerprint density at radius 3 is 2.49 bits per heavy atom. The van der Waals surface area contributed by atoms with Gasteiger partial charge in [-0.1, -0.05) is 17.7 Å². The van der Waals surface area contributed by atoms with Crippen LogP contribution in [0.1, 0.15) is 23.6 Å². The topological polar surface area (TPSA) is 137 Å². The number of hydrogen-bond donors (Lipinski definition) is 1. The molecule has 10 nitrogen and oxygen atoms in total. The SMILES string of the molecule is CCOc1cc(/C=C2/SC(=Nc3ccc([N+](=O)[O-])cc3C)NC2=O)cc(I)c1OS(=O)(=O)c1ccc(C)cc1. The number of thioether (sulfide) groups is 1. The summed E-state index contributed by atoms with van der Waals surface area (Å²) in [7, 11) is -4.11. The standard InChI is InChI=1S/C26H22IN3O7S2/c1-4-36-22-13-17(12-20(27)24(22)37-39(34,35)19-8-5-15(2)6-9-19)14-23-25(31)29-26(38-23)28-21-10-7-18(30(32)33)11-16(21)3/h5-14H,4H2,1-3H3,(H,28,29,31)/b23-14+. The maximum atomic E-state index is 12.9. The number of nitro groups is 1. The van der Waals surface area contributed by atoms with Crippen LogP contribution in [0.25, 0.3) is 6.08 Å². The minimum atomic E-state index is -4.11. The van der Waals surface area contributed by atoms with Gasteiger partial charge < -0.3 is 14.2 Å². The number of nitro benzene ring substituents is 1. The molecule has 0 radical (unpaired) electrons. The van der Waals surface area contributed by atoms with E-state index in [1.807, 2.05) is 29.5 Å². The first kappa shape index (κ1) is 28.6. The molecule has 0 atom stereocenters. The Balaban J connectivity index is 1.61. The number of amidine groups is 1. The van der Waals surface area contributed by atoms with Gasteiger partial charge in [0.05, 0.1) is 25.7 Å². The number of nitrogens with one attached hydrogen (secondary N) is 1. The number of rotatable bonds is 8. The highest BCUT2D eigenvalue weighted by Gasteiger charge is 2.26. The van der Waals surface area contributed by atoms with Crippen molar-refractivity contribution in [2.24, 2.45) is 4.99 Å². The smallest absolute Gasteiger partial charge is 0.339 e. The fraction of sp³-hybridized carbons (Fsp3) is 0.154. The van der Waals surface area contributed by atoms with Crippen LogP contribution in [0, 0.1) is 27.5 Å².